The minimum absolute atomic E-state index is 0.00564. The summed E-state index contributed by atoms with van der Waals surface area (Å²) in [4.78, 5) is 11.9. The summed E-state index contributed by atoms with van der Waals surface area (Å²) < 4.78 is 16.9. The van der Waals surface area contributed by atoms with E-state index in [1.54, 1.807) is 0 Å². The first kappa shape index (κ1) is 20.7. The van der Waals surface area contributed by atoms with Crippen LogP contribution in [-0.2, 0) is 19.0 Å². The Morgan fingerprint density at radius 1 is 1.00 bits per heavy atom. The van der Waals surface area contributed by atoms with E-state index in [1.807, 2.05) is 0 Å². The van der Waals surface area contributed by atoms with Crippen molar-refractivity contribution < 1.29 is 39.4 Å². The molecule has 10 atom stereocenters. The first-order chi connectivity index (χ1) is 13.7. The number of hydrogen-bond donors (Lipinski definition) is 4. The van der Waals surface area contributed by atoms with E-state index in [1.165, 1.54) is 0 Å². The number of carbonyl (C=O) groups is 1. The molecule has 2 aliphatic heterocycles. The van der Waals surface area contributed by atoms with Crippen molar-refractivity contribution in [2.24, 2.45) is 17.8 Å². The third kappa shape index (κ3) is 3.37. The van der Waals surface area contributed by atoms with E-state index in [-0.39, 0.29) is 29.8 Å². The molecule has 0 amide bonds. The standard InChI is InChI=1S/C21H28O8/c1-8-4-13-10(3)20(26)27-15(13)6-12-9(2)14(5-11(8)12)28-21-19(25)18(24)17(23)16(7-22)29-21/h11-19,21-25H,1-7H2. The summed E-state index contributed by atoms with van der Waals surface area (Å²) in [6, 6.07) is 0. The van der Waals surface area contributed by atoms with Gasteiger partial charge in [0, 0.05) is 11.5 Å². The Hall–Kier alpha value is -1.55. The number of allylic oxidation sites excluding steroid dienone is 1. The second kappa shape index (κ2) is 7.61. The third-order valence-corrected chi connectivity index (χ3v) is 6.90. The van der Waals surface area contributed by atoms with Crippen molar-refractivity contribution in [1.82, 2.24) is 0 Å². The van der Waals surface area contributed by atoms with Gasteiger partial charge in [-0.3, -0.25) is 0 Å². The Labute approximate surface area is 169 Å². The first-order valence-corrected chi connectivity index (χ1v) is 9.95. The van der Waals surface area contributed by atoms with Crippen LogP contribution in [0.3, 0.4) is 0 Å². The molecule has 2 saturated heterocycles. The first-order valence-electron chi connectivity index (χ1n) is 9.95. The van der Waals surface area contributed by atoms with E-state index in [0.717, 1.165) is 11.1 Å². The van der Waals surface area contributed by atoms with E-state index in [2.05, 4.69) is 19.7 Å². The van der Waals surface area contributed by atoms with Crippen LogP contribution in [0.4, 0.5) is 0 Å². The van der Waals surface area contributed by atoms with Gasteiger partial charge in [0.05, 0.1) is 12.7 Å². The highest BCUT2D eigenvalue weighted by atomic mass is 16.7. The lowest BCUT2D eigenvalue weighted by atomic mass is 9.86. The van der Waals surface area contributed by atoms with E-state index in [9.17, 15) is 25.2 Å². The predicted octanol–water partition coefficient (Wildman–Crippen LogP) is -0.188. The lowest BCUT2D eigenvalue weighted by Crippen LogP contribution is -2.59. The van der Waals surface area contributed by atoms with Crippen molar-refractivity contribution in [2.45, 2.75) is 62.2 Å². The summed E-state index contributed by atoms with van der Waals surface area (Å²) >= 11 is 0. The van der Waals surface area contributed by atoms with Gasteiger partial charge in [0.2, 0.25) is 0 Å². The van der Waals surface area contributed by atoms with Crippen LogP contribution < -0.4 is 0 Å². The molecule has 160 valence electrons. The Balaban J connectivity index is 1.48. The zero-order valence-electron chi connectivity index (χ0n) is 16.1. The summed E-state index contributed by atoms with van der Waals surface area (Å²) in [6.45, 7) is 11.8. The van der Waals surface area contributed by atoms with Gasteiger partial charge in [0.15, 0.2) is 6.29 Å². The van der Waals surface area contributed by atoms with Crippen LogP contribution in [0.25, 0.3) is 0 Å². The van der Waals surface area contributed by atoms with Crippen LogP contribution in [-0.4, -0.2) is 75.9 Å². The average Bonchev–Trinajstić information content (AvgIpc) is 3.08. The second-order valence-corrected chi connectivity index (χ2v) is 8.52. The fraction of sp³-hybridized carbons (Fsp3) is 0.667. The van der Waals surface area contributed by atoms with Gasteiger partial charge in [0.25, 0.3) is 0 Å². The van der Waals surface area contributed by atoms with Gasteiger partial charge in [-0.05, 0) is 36.7 Å². The van der Waals surface area contributed by atoms with Crippen molar-refractivity contribution in [3.05, 3.63) is 36.5 Å². The molecule has 4 rings (SSSR count). The van der Waals surface area contributed by atoms with Crippen LogP contribution in [0, 0.1) is 17.8 Å². The number of rotatable bonds is 3. The fourth-order valence-corrected chi connectivity index (χ4v) is 5.12. The van der Waals surface area contributed by atoms with Crippen molar-refractivity contribution >= 4 is 5.97 Å². The molecule has 8 heteroatoms. The van der Waals surface area contributed by atoms with Gasteiger partial charge < -0.3 is 34.6 Å². The van der Waals surface area contributed by atoms with Crippen molar-refractivity contribution in [2.75, 3.05) is 6.61 Å². The molecule has 4 aliphatic rings. The molecule has 0 aromatic heterocycles. The normalized spacial score (nSPS) is 47.6. The quantitative estimate of drug-likeness (QED) is 0.288. The summed E-state index contributed by atoms with van der Waals surface area (Å²) in [5, 5.41) is 39.5. The molecule has 0 bridgehead atoms. The zero-order valence-corrected chi connectivity index (χ0v) is 16.1. The number of fused-ring (bicyclic) bond motifs is 2. The number of aliphatic hydroxyl groups is 4. The molecule has 8 nitrogen and oxygen atoms in total. The molecule has 29 heavy (non-hydrogen) atoms. The molecule has 0 spiro atoms. The van der Waals surface area contributed by atoms with Crippen LogP contribution in [0.5, 0.6) is 0 Å². The number of aliphatic hydroxyl groups excluding tert-OH is 4. The van der Waals surface area contributed by atoms with Crippen LogP contribution >= 0.6 is 0 Å². The molecule has 0 radical (unpaired) electrons. The summed E-state index contributed by atoms with van der Waals surface area (Å²) in [5.41, 5.74) is 2.28. The van der Waals surface area contributed by atoms with E-state index in [4.69, 9.17) is 14.2 Å². The lowest BCUT2D eigenvalue weighted by Gasteiger charge is -2.40. The molecular formula is C21H28O8. The van der Waals surface area contributed by atoms with Crippen molar-refractivity contribution in [3.8, 4) is 0 Å². The monoisotopic (exact) mass is 408 g/mol. The lowest BCUT2D eigenvalue weighted by molar-refractivity contribution is -0.308. The highest BCUT2D eigenvalue weighted by Gasteiger charge is 2.51. The van der Waals surface area contributed by atoms with Gasteiger partial charge in [-0.1, -0.05) is 25.3 Å². The predicted molar refractivity (Wildman–Crippen MR) is 100 cm³/mol. The SMILES string of the molecule is C=C1C(=O)OC2CC3C(=C)C(OC4OC(CO)C(O)C(O)C4O)CC3C(=C)CC12. The molecule has 2 heterocycles. The number of ether oxygens (including phenoxy) is 3. The van der Waals surface area contributed by atoms with Gasteiger partial charge in [-0.25, -0.2) is 4.79 Å². The molecule has 0 aromatic carbocycles. The Morgan fingerprint density at radius 3 is 2.41 bits per heavy atom. The van der Waals surface area contributed by atoms with Gasteiger partial charge in [-0.2, -0.15) is 0 Å². The number of carbonyl (C=O) groups excluding carboxylic acids is 1. The van der Waals surface area contributed by atoms with Crippen LogP contribution in [0.1, 0.15) is 19.3 Å². The van der Waals surface area contributed by atoms with Crippen molar-refractivity contribution in [3.63, 3.8) is 0 Å². The molecule has 2 saturated carbocycles. The van der Waals surface area contributed by atoms with Gasteiger partial charge in [-0.15, -0.1) is 0 Å². The maximum atomic E-state index is 11.9. The maximum Gasteiger partial charge on any atom is 0.334 e. The summed E-state index contributed by atoms with van der Waals surface area (Å²) in [6.07, 6.45) is -5.54. The minimum atomic E-state index is -1.49. The van der Waals surface area contributed by atoms with Crippen LogP contribution in [0.2, 0.25) is 0 Å². The Morgan fingerprint density at radius 2 is 1.72 bits per heavy atom. The molecular weight excluding hydrogens is 380 g/mol. The van der Waals surface area contributed by atoms with E-state index >= 15 is 0 Å². The Kier molecular flexibility index (Phi) is 5.43. The van der Waals surface area contributed by atoms with Gasteiger partial charge >= 0.3 is 5.97 Å². The molecule has 10 unspecified atom stereocenters. The topological polar surface area (TPSA) is 126 Å². The van der Waals surface area contributed by atoms with Crippen LogP contribution in [0.15, 0.2) is 36.5 Å². The molecule has 4 fully saturated rings. The summed E-state index contributed by atoms with van der Waals surface area (Å²) in [7, 11) is 0. The third-order valence-electron chi connectivity index (χ3n) is 6.90. The zero-order chi connectivity index (χ0) is 21.0. The van der Waals surface area contributed by atoms with Gasteiger partial charge in [0.1, 0.15) is 30.5 Å². The molecule has 2 aliphatic carbocycles. The highest BCUT2D eigenvalue weighted by Crippen LogP contribution is 2.51. The maximum absolute atomic E-state index is 11.9. The van der Waals surface area contributed by atoms with Crippen molar-refractivity contribution in [1.29, 1.82) is 0 Å². The fourth-order valence-electron chi connectivity index (χ4n) is 5.12. The largest absolute Gasteiger partial charge is 0.458 e. The Bertz CT molecular complexity index is 730. The van der Waals surface area contributed by atoms with E-state index in [0.29, 0.717) is 24.8 Å². The smallest absolute Gasteiger partial charge is 0.334 e. The van der Waals surface area contributed by atoms with E-state index < -0.39 is 43.4 Å². The number of esters is 1. The minimum Gasteiger partial charge on any atom is -0.458 e. The molecule has 0 aromatic rings. The molecule has 4 N–H and O–H groups in total. The second-order valence-electron chi connectivity index (χ2n) is 8.52. The average molecular weight is 408 g/mol. The summed E-state index contributed by atoms with van der Waals surface area (Å²) in [5.74, 6) is -0.317. The number of hydrogen-bond acceptors (Lipinski definition) is 8. The highest BCUT2D eigenvalue weighted by molar-refractivity contribution is 5.90.